The fraction of sp³-hybridized carbons (Fsp3) is 1.00. The Morgan fingerprint density at radius 3 is 2.50 bits per heavy atom. The van der Waals surface area contributed by atoms with Gasteiger partial charge < -0.3 is 10.1 Å². The Bertz CT molecular complexity index is 150. The minimum Gasteiger partial charge on any atom is -0.378 e. The molecule has 0 aromatic heterocycles. The third kappa shape index (κ3) is 3.97. The molecule has 0 aliphatic heterocycles. The van der Waals surface area contributed by atoms with Crippen molar-refractivity contribution in [2.75, 3.05) is 13.2 Å². The Morgan fingerprint density at radius 2 is 1.79 bits per heavy atom. The molecule has 0 amide bonds. The summed E-state index contributed by atoms with van der Waals surface area (Å²) in [4.78, 5) is 0. The van der Waals surface area contributed by atoms with Gasteiger partial charge in [-0.3, -0.25) is 0 Å². The molecule has 0 atom stereocenters. The summed E-state index contributed by atoms with van der Waals surface area (Å²) in [7, 11) is 0. The van der Waals surface area contributed by atoms with Crippen LogP contribution in [0.25, 0.3) is 0 Å². The van der Waals surface area contributed by atoms with Gasteiger partial charge in [-0.05, 0) is 45.1 Å². The average Bonchev–Trinajstić information content (AvgIpc) is 2.87. The van der Waals surface area contributed by atoms with Gasteiger partial charge in [-0.15, -0.1) is 0 Å². The quantitative estimate of drug-likeness (QED) is 0.633. The second kappa shape index (κ2) is 5.72. The molecule has 0 aromatic rings. The highest BCUT2D eigenvalue weighted by molar-refractivity contribution is 4.80. The Hall–Kier alpha value is -0.0800. The molecule has 2 aliphatic rings. The summed E-state index contributed by atoms with van der Waals surface area (Å²) in [6.07, 6.45) is 11.3. The fourth-order valence-corrected chi connectivity index (χ4v) is 2.13. The van der Waals surface area contributed by atoms with Gasteiger partial charge in [0.2, 0.25) is 0 Å². The molecule has 2 rings (SSSR count). The molecule has 0 spiro atoms. The maximum Gasteiger partial charge on any atom is 0.0575 e. The molecule has 0 unspecified atom stereocenters. The van der Waals surface area contributed by atoms with Crippen LogP contribution in [0.3, 0.4) is 0 Å². The summed E-state index contributed by atoms with van der Waals surface area (Å²) in [5.74, 6) is 0. The third-order valence-corrected chi connectivity index (χ3v) is 3.24. The maximum atomic E-state index is 5.80. The van der Waals surface area contributed by atoms with Crippen LogP contribution < -0.4 is 5.32 Å². The van der Waals surface area contributed by atoms with Crippen LogP contribution in [0.1, 0.15) is 51.4 Å². The van der Waals surface area contributed by atoms with Gasteiger partial charge in [-0.1, -0.05) is 12.8 Å². The lowest BCUT2D eigenvalue weighted by molar-refractivity contribution is 0.0559. The second-order valence-corrected chi connectivity index (χ2v) is 4.71. The molecule has 2 heteroatoms. The first kappa shape index (κ1) is 10.4. The highest BCUT2D eigenvalue weighted by Gasteiger charge is 2.19. The van der Waals surface area contributed by atoms with Crippen LogP contribution >= 0.6 is 0 Å². The van der Waals surface area contributed by atoms with Crippen LogP contribution in [0.15, 0.2) is 0 Å². The van der Waals surface area contributed by atoms with Crippen molar-refractivity contribution in [2.45, 2.75) is 63.5 Å². The van der Waals surface area contributed by atoms with Crippen molar-refractivity contribution < 1.29 is 4.74 Å². The van der Waals surface area contributed by atoms with E-state index >= 15 is 0 Å². The first-order valence-electron chi connectivity index (χ1n) is 6.30. The Labute approximate surface area is 87.4 Å². The van der Waals surface area contributed by atoms with Crippen LogP contribution in [0, 0.1) is 0 Å². The number of ether oxygens (including phenoxy) is 1. The number of unbranched alkanes of at least 4 members (excludes halogenated alkanes) is 1. The van der Waals surface area contributed by atoms with Gasteiger partial charge in [0.1, 0.15) is 0 Å². The largest absolute Gasteiger partial charge is 0.378 e. The van der Waals surface area contributed by atoms with Gasteiger partial charge in [-0.2, -0.15) is 0 Å². The molecule has 0 radical (unpaired) electrons. The molecule has 2 fully saturated rings. The monoisotopic (exact) mass is 197 g/mol. The summed E-state index contributed by atoms with van der Waals surface area (Å²) in [6, 6.07) is 0.866. The Morgan fingerprint density at radius 1 is 1.00 bits per heavy atom. The summed E-state index contributed by atoms with van der Waals surface area (Å²) in [5, 5.41) is 3.53. The molecule has 2 nitrogen and oxygen atoms in total. The lowest BCUT2D eigenvalue weighted by Crippen LogP contribution is -2.18. The van der Waals surface area contributed by atoms with Crippen molar-refractivity contribution in [3.63, 3.8) is 0 Å². The van der Waals surface area contributed by atoms with Gasteiger partial charge >= 0.3 is 0 Å². The Kier molecular flexibility index (Phi) is 4.26. The standard InChI is InChI=1S/C12H23NO/c1-2-6-12(5-1)14-10-4-3-9-13-11-7-8-11/h11-13H,1-10H2. The molecule has 0 heterocycles. The summed E-state index contributed by atoms with van der Waals surface area (Å²) < 4.78 is 5.80. The average molecular weight is 197 g/mol. The van der Waals surface area contributed by atoms with Gasteiger partial charge in [0, 0.05) is 12.6 Å². The van der Waals surface area contributed by atoms with Crippen molar-refractivity contribution in [3.8, 4) is 0 Å². The van der Waals surface area contributed by atoms with Gasteiger partial charge in [-0.25, -0.2) is 0 Å². The lowest BCUT2D eigenvalue weighted by atomic mass is 10.3. The highest BCUT2D eigenvalue weighted by atomic mass is 16.5. The minimum absolute atomic E-state index is 0.603. The molecule has 1 N–H and O–H groups in total. The van der Waals surface area contributed by atoms with Crippen molar-refractivity contribution in [1.82, 2.24) is 5.32 Å². The van der Waals surface area contributed by atoms with Crippen LogP contribution in [-0.2, 0) is 4.74 Å². The highest BCUT2D eigenvalue weighted by Crippen LogP contribution is 2.21. The predicted octanol–water partition coefficient (Wildman–Crippen LogP) is 2.48. The third-order valence-electron chi connectivity index (χ3n) is 3.24. The lowest BCUT2D eigenvalue weighted by Gasteiger charge is -2.10. The van der Waals surface area contributed by atoms with E-state index in [-0.39, 0.29) is 0 Å². The zero-order valence-corrected chi connectivity index (χ0v) is 9.13. The van der Waals surface area contributed by atoms with Crippen molar-refractivity contribution >= 4 is 0 Å². The number of rotatable bonds is 7. The van der Waals surface area contributed by atoms with E-state index in [2.05, 4.69) is 5.32 Å². The molecule has 2 aliphatic carbocycles. The Balaban J connectivity index is 1.35. The summed E-state index contributed by atoms with van der Waals surface area (Å²) in [6.45, 7) is 2.18. The van der Waals surface area contributed by atoms with Crippen LogP contribution in [0.5, 0.6) is 0 Å². The first-order chi connectivity index (χ1) is 6.95. The molecule has 82 valence electrons. The fourth-order valence-electron chi connectivity index (χ4n) is 2.13. The van der Waals surface area contributed by atoms with E-state index in [0.29, 0.717) is 6.10 Å². The molecular formula is C12H23NO. The van der Waals surface area contributed by atoms with E-state index in [1.807, 2.05) is 0 Å². The predicted molar refractivity (Wildman–Crippen MR) is 58.5 cm³/mol. The smallest absolute Gasteiger partial charge is 0.0575 e. The van der Waals surface area contributed by atoms with Crippen molar-refractivity contribution in [3.05, 3.63) is 0 Å². The molecule has 0 aromatic carbocycles. The van der Waals surface area contributed by atoms with Crippen LogP contribution in [0.2, 0.25) is 0 Å². The zero-order chi connectivity index (χ0) is 9.64. The SMILES string of the molecule is C(CCOC1CCCC1)CNC1CC1. The van der Waals surface area contributed by atoms with E-state index < -0.39 is 0 Å². The minimum atomic E-state index is 0.603. The second-order valence-electron chi connectivity index (χ2n) is 4.71. The summed E-state index contributed by atoms with van der Waals surface area (Å²) >= 11 is 0. The van der Waals surface area contributed by atoms with Gasteiger partial charge in [0.15, 0.2) is 0 Å². The normalized spacial score (nSPS) is 23.1. The number of hydrogen-bond donors (Lipinski definition) is 1. The van der Waals surface area contributed by atoms with Crippen molar-refractivity contribution in [2.24, 2.45) is 0 Å². The van der Waals surface area contributed by atoms with E-state index in [0.717, 1.165) is 12.6 Å². The van der Waals surface area contributed by atoms with E-state index in [4.69, 9.17) is 4.74 Å². The van der Waals surface area contributed by atoms with Gasteiger partial charge in [0.05, 0.1) is 6.10 Å². The van der Waals surface area contributed by atoms with E-state index in [1.54, 1.807) is 0 Å². The number of hydrogen-bond acceptors (Lipinski definition) is 2. The molecule has 0 saturated heterocycles. The molecule has 2 saturated carbocycles. The van der Waals surface area contributed by atoms with Crippen LogP contribution in [0.4, 0.5) is 0 Å². The van der Waals surface area contributed by atoms with E-state index in [9.17, 15) is 0 Å². The number of nitrogens with one attached hydrogen (secondary N) is 1. The first-order valence-corrected chi connectivity index (χ1v) is 6.30. The zero-order valence-electron chi connectivity index (χ0n) is 9.13. The van der Waals surface area contributed by atoms with Crippen LogP contribution in [-0.4, -0.2) is 25.3 Å². The van der Waals surface area contributed by atoms with E-state index in [1.165, 1.54) is 57.9 Å². The maximum absolute atomic E-state index is 5.80. The topological polar surface area (TPSA) is 21.3 Å². The summed E-state index contributed by atoms with van der Waals surface area (Å²) in [5.41, 5.74) is 0. The molecule has 0 bridgehead atoms. The van der Waals surface area contributed by atoms with Gasteiger partial charge in [0.25, 0.3) is 0 Å². The molecular weight excluding hydrogens is 174 g/mol. The van der Waals surface area contributed by atoms with Crippen molar-refractivity contribution in [1.29, 1.82) is 0 Å². The molecule has 14 heavy (non-hydrogen) atoms.